The van der Waals surface area contributed by atoms with Crippen molar-refractivity contribution in [2.45, 2.75) is 45.7 Å². The Kier molecular flexibility index (Phi) is 2.53. The lowest BCUT2D eigenvalue weighted by Crippen LogP contribution is -2.44. The first-order valence-corrected chi connectivity index (χ1v) is 6.86. The molecule has 0 radical (unpaired) electrons. The zero-order valence-electron chi connectivity index (χ0n) is 11.8. The van der Waals surface area contributed by atoms with E-state index in [0.717, 1.165) is 19.4 Å². The van der Waals surface area contributed by atoms with Crippen LogP contribution in [0.5, 0.6) is 0 Å². The number of nitrogens with zero attached hydrogens (tertiary/aromatic N) is 1. The third-order valence-electron chi connectivity index (χ3n) is 4.27. The molecule has 2 nitrogen and oxygen atoms in total. The fourth-order valence-electron chi connectivity index (χ4n) is 3.24. The van der Waals surface area contributed by atoms with Crippen molar-refractivity contribution in [1.82, 2.24) is 9.88 Å². The van der Waals surface area contributed by atoms with Gasteiger partial charge in [0.05, 0.1) is 5.52 Å². The molecule has 96 valence electrons. The Bertz CT molecular complexity index is 605. The molecule has 0 aliphatic carbocycles. The van der Waals surface area contributed by atoms with Crippen LogP contribution >= 0.6 is 0 Å². The number of rotatable bonds is 1. The largest absolute Gasteiger partial charge is 0.347 e. The Morgan fingerprint density at radius 1 is 1.33 bits per heavy atom. The summed E-state index contributed by atoms with van der Waals surface area (Å²) in [5.74, 6) is 0. The molecular weight excluding hydrogens is 220 g/mol. The summed E-state index contributed by atoms with van der Waals surface area (Å²) in [4.78, 5) is 0. The van der Waals surface area contributed by atoms with Gasteiger partial charge in [-0.2, -0.15) is 0 Å². The maximum atomic E-state index is 3.64. The van der Waals surface area contributed by atoms with Crippen molar-refractivity contribution in [3.8, 4) is 0 Å². The summed E-state index contributed by atoms with van der Waals surface area (Å²) in [6.07, 6.45) is 2.21. The van der Waals surface area contributed by atoms with Crippen LogP contribution in [0.3, 0.4) is 0 Å². The highest BCUT2D eigenvalue weighted by molar-refractivity contribution is 5.88. The van der Waals surface area contributed by atoms with Crippen molar-refractivity contribution < 1.29 is 0 Å². The van der Waals surface area contributed by atoms with Gasteiger partial charge < -0.3 is 9.88 Å². The van der Waals surface area contributed by atoms with Gasteiger partial charge in [-0.3, -0.25) is 0 Å². The van der Waals surface area contributed by atoms with E-state index < -0.39 is 0 Å². The summed E-state index contributed by atoms with van der Waals surface area (Å²) in [7, 11) is 2.22. The van der Waals surface area contributed by atoms with Gasteiger partial charge in [-0.25, -0.2) is 0 Å². The average Bonchev–Trinajstić information content (AvgIpc) is 2.61. The zero-order valence-corrected chi connectivity index (χ0v) is 11.8. The van der Waals surface area contributed by atoms with Crippen LogP contribution < -0.4 is 5.32 Å². The Balaban J connectivity index is 2.30. The molecule has 0 amide bonds. The number of nitrogens with one attached hydrogen (secondary N) is 1. The fraction of sp³-hybridized carbons (Fsp3) is 0.500. The number of hydrogen-bond acceptors (Lipinski definition) is 1. The van der Waals surface area contributed by atoms with Gasteiger partial charge in [-0.15, -0.1) is 0 Å². The lowest BCUT2D eigenvalue weighted by Gasteiger charge is -2.32. The molecule has 1 aliphatic heterocycles. The molecule has 2 heterocycles. The molecular formula is C16H22N2. The van der Waals surface area contributed by atoms with Crippen molar-refractivity contribution in [1.29, 1.82) is 0 Å². The minimum atomic E-state index is 0.210. The molecule has 0 saturated carbocycles. The first kappa shape index (κ1) is 11.8. The summed E-state index contributed by atoms with van der Waals surface area (Å²) in [5, 5.41) is 5.08. The predicted molar refractivity (Wildman–Crippen MR) is 76.9 cm³/mol. The third-order valence-corrected chi connectivity index (χ3v) is 4.27. The molecule has 2 heteroatoms. The quantitative estimate of drug-likeness (QED) is 0.813. The van der Waals surface area contributed by atoms with Crippen molar-refractivity contribution in [3.05, 3.63) is 35.0 Å². The summed E-state index contributed by atoms with van der Waals surface area (Å²) < 4.78 is 2.42. The van der Waals surface area contributed by atoms with Gasteiger partial charge >= 0.3 is 0 Å². The molecule has 2 aromatic rings. The van der Waals surface area contributed by atoms with E-state index in [1.54, 1.807) is 0 Å². The van der Waals surface area contributed by atoms with Gasteiger partial charge in [0.25, 0.3) is 0 Å². The van der Waals surface area contributed by atoms with E-state index in [4.69, 9.17) is 0 Å². The first-order valence-electron chi connectivity index (χ1n) is 6.86. The number of aromatic nitrogens is 1. The number of hydrogen-bond donors (Lipinski definition) is 1. The van der Waals surface area contributed by atoms with Crippen LogP contribution in [0.1, 0.15) is 37.6 Å². The van der Waals surface area contributed by atoms with Gasteiger partial charge in [0.1, 0.15) is 0 Å². The Labute approximate surface area is 109 Å². The Hall–Kier alpha value is -1.28. The summed E-state index contributed by atoms with van der Waals surface area (Å²) >= 11 is 0. The van der Waals surface area contributed by atoms with Crippen molar-refractivity contribution >= 4 is 10.9 Å². The van der Waals surface area contributed by atoms with Crippen LogP contribution in [0.25, 0.3) is 10.9 Å². The van der Waals surface area contributed by atoms with E-state index in [1.165, 1.54) is 27.7 Å². The SMILES string of the molecule is CCc1cccc2c3c(n(C)c12)CC(C)(C)NC3. The molecule has 1 aliphatic rings. The van der Waals surface area contributed by atoms with Crippen LogP contribution in [0, 0.1) is 0 Å². The van der Waals surface area contributed by atoms with Crippen molar-refractivity contribution in [2.75, 3.05) is 0 Å². The molecule has 18 heavy (non-hydrogen) atoms. The second kappa shape index (κ2) is 3.86. The van der Waals surface area contributed by atoms with Crippen LogP contribution in [-0.4, -0.2) is 10.1 Å². The molecule has 0 atom stereocenters. The standard InChI is InChI=1S/C16H22N2/c1-5-11-7-6-8-12-13-10-17-16(2,3)9-14(13)18(4)15(11)12/h6-8,17H,5,9-10H2,1-4H3. The van der Waals surface area contributed by atoms with Crippen LogP contribution in [-0.2, 0) is 26.4 Å². The van der Waals surface area contributed by atoms with Gasteiger partial charge in [0.15, 0.2) is 0 Å². The lowest BCUT2D eigenvalue weighted by atomic mass is 9.91. The minimum absolute atomic E-state index is 0.210. The summed E-state index contributed by atoms with van der Waals surface area (Å²) in [6.45, 7) is 7.80. The third kappa shape index (κ3) is 1.59. The maximum Gasteiger partial charge on any atom is 0.0515 e. The second-order valence-corrected chi connectivity index (χ2v) is 6.07. The minimum Gasteiger partial charge on any atom is -0.347 e. The average molecular weight is 242 g/mol. The normalized spacial score (nSPS) is 18.0. The highest BCUT2D eigenvalue weighted by Crippen LogP contribution is 2.33. The fourth-order valence-corrected chi connectivity index (χ4v) is 3.24. The molecule has 3 rings (SSSR count). The predicted octanol–water partition coefficient (Wildman–Crippen LogP) is 3.17. The number of aryl methyl sites for hydroxylation is 2. The van der Waals surface area contributed by atoms with E-state index in [-0.39, 0.29) is 5.54 Å². The van der Waals surface area contributed by atoms with Gasteiger partial charge in [0, 0.05) is 36.6 Å². The Morgan fingerprint density at radius 2 is 2.11 bits per heavy atom. The van der Waals surface area contributed by atoms with Gasteiger partial charge in [-0.1, -0.05) is 25.1 Å². The van der Waals surface area contributed by atoms with Crippen LogP contribution in [0.2, 0.25) is 0 Å². The lowest BCUT2D eigenvalue weighted by molar-refractivity contribution is 0.356. The maximum absolute atomic E-state index is 3.64. The number of fused-ring (bicyclic) bond motifs is 3. The number of benzene rings is 1. The topological polar surface area (TPSA) is 17.0 Å². The van der Waals surface area contributed by atoms with E-state index in [1.807, 2.05) is 0 Å². The Morgan fingerprint density at radius 3 is 2.83 bits per heavy atom. The molecule has 0 saturated heterocycles. The highest BCUT2D eigenvalue weighted by Gasteiger charge is 2.29. The van der Waals surface area contributed by atoms with Crippen LogP contribution in [0.4, 0.5) is 0 Å². The zero-order chi connectivity index (χ0) is 12.9. The molecule has 0 fully saturated rings. The molecule has 1 aromatic heterocycles. The van der Waals surface area contributed by atoms with E-state index in [2.05, 4.69) is 55.9 Å². The highest BCUT2D eigenvalue weighted by atomic mass is 15.0. The molecule has 0 spiro atoms. The second-order valence-electron chi connectivity index (χ2n) is 6.07. The molecule has 0 bridgehead atoms. The van der Waals surface area contributed by atoms with Gasteiger partial charge in [0.2, 0.25) is 0 Å². The smallest absolute Gasteiger partial charge is 0.0515 e. The van der Waals surface area contributed by atoms with E-state index >= 15 is 0 Å². The monoisotopic (exact) mass is 242 g/mol. The summed E-state index contributed by atoms with van der Waals surface area (Å²) in [6, 6.07) is 6.72. The van der Waals surface area contributed by atoms with E-state index in [0.29, 0.717) is 0 Å². The molecule has 1 N–H and O–H groups in total. The molecule has 0 unspecified atom stereocenters. The first-order chi connectivity index (χ1) is 8.53. The van der Waals surface area contributed by atoms with Crippen molar-refractivity contribution in [2.24, 2.45) is 7.05 Å². The van der Waals surface area contributed by atoms with Crippen molar-refractivity contribution in [3.63, 3.8) is 0 Å². The number of para-hydroxylation sites is 1. The van der Waals surface area contributed by atoms with E-state index in [9.17, 15) is 0 Å². The summed E-state index contributed by atoms with van der Waals surface area (Å²) in [5.41, 5.74) is 6.12. The van der Waals surface area contributed by atoms with Gasteiger partial charge in [-0.05, 0) is 31.4 Å². The van der Waals surface area contributed by atoms with Crippen LogP contribution in [0.15, 0.2) is 18.2 Å². The molecule has 1 aromatic carbocycles.